The zero-order chi connectivity index (χ0) is 21.4. The Morgan fingerprint density at radius 1 is 1.06 bits per heavy atom. The summed E-state index contributed by atoms with van der Waals surface area (Å²) in [5.74, 6) is 1.34. The molecule has 158 valence electrons. The maximum absolute atomic E-state index is 13.0. The minimum Gasteiger partial charge on any atom is -0.504 e. The van der Waals surface area contributed by atoms with E-state index in [1.54, 1.807) is 28.8 Å². The van der Waals surface area contributed by atoms with Crippen molar-refractivity contribution in [3.8, 4) is 22.6 Å². The fourth-order valence-corrected chi connectivity index (χ4v) is 5.71. The van der Waals surface area contributed by atoms with Crippen molar-refractivity contribution in [3.63, 3.8) is 0 Å². The number of phenolic OH excluding ortho intramolecular Hbond substituents is 1. The highest BCUT2D eigenvalue weighted by Gasteiger charge is 2.34. The predicted molar refractivity (Wildman–Crippen MR) is 122 cm³/mol. The third-order valence-corrected chi connectivity index (χ3v) is 7.21. The molecule has 1 N–H and O–H groups in total. The van der Waals surface area contributed by atoms with Crippen molar-refractivity contribution in [1.82, 2.24) is 4.90 Å². The number of amides is 1. The summed E-state index contributed by atoms with van der Waals surface area (Å²) in [5, 5.41) is 9.95. The van der Waals surface area contributed by atoms with Crippen molar-refractivity contribution in [2.75, 3.05) is 26.0 Å². The first-order valence-corrected chi connectivity index (χ1v) is 11.3. The number of thioether (sulfide) groups is 1. The monoisotopic (exact) mass is 433 g/mol. The lowest BCUT2D eigenvalue weighted by Crippen LogP contribution is -2.32. The maximum atomic E-state index is 13.0. The van der Waals surface area contributed by atoms with Crippen LogP contribution in [0.2, 0.25) is 0 Å². The molecule has 5 rings (SSSR count). The number of ether oxygens (including phenoxy) is 2. The number of hydrogen-bond donors (Lipinski definition) is 1. The molecular formula is C25H23NO4S. The molecule has 2 aliphatic rings. The van der Waals surface area contributed by atoms with Crippen LogP contribution in [0.25, 0.3) is 11.1 Å². The number of carbonyl (C=O) groups excluding carboxylic acids is 1. The zero-order valence-corrected chi connectivity index (χ0v) is 18.0. The number of phenols is 1. The van der Waals surface area contributed by atoms with Gasteiger partial charge in [-0.1, -0.05) is 54.6 Å². The number of methoxy groups -OCH3 is 1. The lowest BCUT2D eigenvalue weighted by atomic mass is 9.98. The molecule has 1 saturated heterocycles. The van der Waals surface area contributed by atoms with Crippen LogP contribution in [-0.2, 0) is 4.74 Å². The van der Waals surface area contributed by atoms with E-state index in [0.717, 1.165) is 11.3 Å². The summed E-state index contributed by atoms with van der Waals surface area (Å²) in [6.45, 7) is 0.910. The highest BCUT2D eigenvalue weighted by atomic mass is 32.2. The van der Waals surface area contributed by atoms with Gasteiger partial charge in [0.05, 0.1) is 7.11 Å². The van der Waals surface area contributed by atoms with Crippen molar-refractivity contribution in [3.05, 3.63) is 83.4 Å². The Morgan fingerprint density at radius 3 is 2.39 bits per heavy atom. The second-order valence-electron chi connectivity index (χ2n) is 7.65. The molecule has 1 unspecified atom stereocenters. The Kier molecular flexibility index (Phi) is 5.24. The van der Waals surface area contributed by atoms with E-state index in [4.69, 9.17) is 9.47 Å². The third kappa shape index (κ3) is 3.51. The largest absolute Gasteiger partial charge is 0.504 e. The lowest BCUT2D eigenvalue weighted by Gasteiger charge is -2.25. The Labute approximate surface area is 185 Å². The standard InChI is InChI=1S/C25H23NO4S/c1-29-23-11-10-16(14-22(23)27)24-26(12-13-31-24)25(28)30-15-21-19-8-4-2-6-17(19)18-7-3-5-9-20(18)21/h2-11,14,21,24,27H,12-13,15H2,1H3. The van der Waals surface area contributed by atoms with Gasteiger partial charge in [-0.15, -0.1) is 11.8 Å². The van der Waals surface area contributed by atoms with Gasteiger partial charge in [0, 0.05) is 18.2 Å². The van der Waals surface area contributed by atoms with E-state index in [0.29, 0.717) is 18.9 Å². The van der Waals surface area contributed by atoms with Crippen molar-refractivity contribution in [1.29, 1.82) is 0 Å². The molecule has 0 bridgehead atoms. The minimum absolute atomic E-state index is 0.0371. The third-order valence-electron chi connectivity index (χ3n) is 5.95. The van der Waals surface area contributed by atoms with Gasteiger partial charge in [0.1, 0.15) is 12.0 Å². The van der Waals surface area contributed by atoms with Crippen LogP contribution in [0.5, 0.6) is 11.5 Å². The van der Waals surface area contributed by atoms with Gasteiger partial charge in [0.15, 0.2) is 11.5 Å². The number of carbonyl (C=O) groups is 1. The molecule has 31 heavy (non-hydrogen) atoms. The van der Waals surface area contributed by atoms with Gasteiger partial charge < -0.3 is 14.6 Å². The van der Waals surface area contributed by atoms with Gasteiger partial charge in [-0.3, -0.25) is 4.90 Å². The van der Waals surface area contributed by atoms with Gasteiger partial charge in [-0.2, -0.15) is 0 Å². The van der Waals surface area contributed by atoms with Gasteiger partial charge in [0.2, 0.25) is 0 Å². The molecule has 1 fully saturated rings. The fraction of sp³-hybridized carbons (Fsp3) is 0.240. The first kappa shape index (κ1) is 19.8. The number of hydrogen-bond acceptors (Lipinski definition) is 5. The van der Waals surface area contributed by atoms with E-state index in [9.17, 15) is 9.90 Å². The van der Waals surface area contributed by atoms with Crippen LogP contribution in [0.1, 0.15) is 28.0 Å². The van der Waals surface area contributed by atoms with Gasteiger partial charge >= 0.3 is 6.09 Å². The molecule has 1 aliphatic heterocycles. The molecule has 1 heterocycles. The summed E-state index contributed by atoms with van der Waals surface area (Å²) in [5.41, 5.74) is 5.67. The normalized spacial score (nSPS) is 17.3. The molecule has 1 aliphatic carbocycles. The van der Waals surface area contributed by atoms with Gasteiger partial charge in [-0.05, 0) is 39.9 Å². The summed E-state index contributed by atoms with van der Waals surface area (Å²) in [6.07, 6.45) is -0.327. The average Bonchev–Trinajstić information content (AvgIpc) is 3.41. The summed E-state index contributed by atoms with van der Waals surface area (Å²) in [7, 11) is 1.52. The second kappa shape index (κ2) is 8.19. The van der Waals surface area contributed by atoms with E-state index in [2.05, 4.69) is 24.3 Å². The van der Waals surface area contributed by atoms with Crippen molar-refractivity contribution >= 4 is 17.9 Å². The highest BCUT2D eigenvalue weighted by Crippen LogP contribution is 2.45. The number of aromatic hydroxyl groups is 1. The smallest absolute Gasteiger partial charge is 0.411 e. The molecule has 1 atom stereocenters. The Morgan fingerprint density at radius 2 is 1.74 bits per heavy atom. The fourth-order valence-electron chi connectivity index (χ4n) is 4.47. The first-order chi connectivity index (χ1) is 15.2. The molecule has 0 saturated carbocycles. The Balaban J connectivity index is 1.33. The molecule has 0 radical (unpaired) electrons. The molecule has 6 heteroatoms. The van der Waals surface area contributed by atoms with Crippen molar-refractivity contribution < 1.29 is 19.4 Å². The van der Waals surface area contributed by atoms with Crippen LogP contribution < -0.4 is 4.74 Å². The minimum atomic E-state index is -0.327. The molecule has 3 aromatic rings. The van der Waals surface area contributed by atoms with Crippen molar-refractivity contribution in [2.24, 2.45) is 0 Å². The Bertz CT molecular complexity index is 1090. The van der Waals surface area contributed by atoms with Crippen LogP contribution in [0, 0.1) is 0 Å². The summed E-state index contributed by atoms with van der Waals surface area (Å²) in [4.78, 5) is 14.8. The quantitative estimate of drug-likeness (QED) is 0.597. The topological polar surface area (TPSA) is 59.0 Å². The number of fused-ring (bicyclic) bond motifs is 3. The van der Waals surface area contributed by atoms with E-state index < -0.39 is 0 Å². The molecule has 5 nitrogen and oxygen atoms in total. The van der Waals surface area contributed by atoms with Gasteiger partial charge in [0.25, 0.3) is 0 Å². The van der Waals surface area contributed by atoms with E-state index >= 15 is 0 Å². The SMILES string of the molecule is COc1ccc(C2SCCN2C(=O)OCC2c3ccccc3-c3ccccc32)cc1O. The van der Waals surface area contributed by atoms with Crippen LogP contribution in [0.15, 0.2) is 66.7 Å². The van der Waals surface area contributed by atoms with E-state index in [1.807, 2.05) is 30.3 Å². The molecular weight excluding hydrogens is 410 g/mol. The number of nitrogens with zero attached hydrogens (tertiary/aromatic N) is 1. The maximum Gasteiger partial charge on any atom is 0.411 e. The van der Waals surface area contributed by atoms with Crippen LogP contribution in [-0.4, -0.2) is 42.1 Å². The summed E-state index contributed by atoms with van der Waals surface area (Å²) in [6, 6.07) is 21.9. The van der Waals surface area contributed by atoms with Crippen molar-refractivity contribution in [2.45, 2.75) is 11.3 Å². The highest BCUT2D eigenvalue weighted by molar-refractivity contribution is 7.99. The van der Waals surface area contributed by atoms with E-state index in [1.165, 1.54) is 29.4 Å². The molecule has 0 spiro atoms. The summed E-state index contributed by atoms with van der Waals surface area (Å²) < 4.78 is 11.0. The number of benzene rings is 3. The van der Waals surface area contributed by atoms with Crippen LogP contribution in [0.3, 0.4) is 0 Å². The second-order valence-corrected chi connectivity index (χ2v) is 8.84. The molecule has 0 aromatic heterocycles. The zero-order valence-electron chi connectivity index (χ0n) is 17.2. The average molecular weight is 434 g/mol. The molecule has 1 amide bonds. The van der Waals surface area contributed by atoms with Gasteiger partial charge in [-0.25, -0.2) is 4.79 Å². The lowest BCUT2D eigenvalue weighted by molar-refractivity contribution is 0.101. The number of rotatable bonds is 4. The van der Waals surface area contributed by atoms with Crippen LogP contribution in [0.4, 0.5) is 4.79 Å². The van der Waals surface area contributed by atoms with Crippen LogP contribution >= 0.6 is 11.8 Å². The molecule has 3 aromatic carbocycles. The Hall–Kier alpha value is -3.12. The first-order valence-electron chi connectivity index (χ1n) is 10.3. The summed E-state index contributed by atoms with van der Waals surface area (Å²) >= 11 is 1.66. The predicted octanol–water partition coefficient (Wildman–Crippen LogP) is 5.40. The van der Waals surface area contributed by atoms with E-state index in [-0.39, 0.29) is 23.1 Å².